The van der Waals surface area contributed by atoms with Crippen LogP contribution in [0.2, 0.25) is 0 Å². The van der Waals surface area contributed by atoms with E-state index in [0.717, 1.165) is 49.5 Å². The average Bonchev–Trinajstić information content (AvgIpc) is 2.92. The molecule has 0 radical (unpaired) electrons. The first-order valence-corrected chi connectivity index (χ1v) is 13.3. The van der Waals surface area contributed by atoms with Crippen molar-refractivity contribution in [2.45, 2.75) is 31.1 Å². The summed E-state index contributed by atoms with van der Waals surface area (Å²) in [6, 6.07) is 23.1. The number of hydrogen-bond acceptors (Lipinski definition) is 4. The van der Waals surface area contributed by atoms with E-state index in [0.29, 0.717) is 23.5 Å². The molecule has 0 aliphatic carbocycles. The zero-order valence-electron chi connectivity index (χ0n) is 20.4. The number of carbonyl (C=O) groups is 1. The highest BCUT2D eigenvalue weighted by atomic mass is 32.2. The van der Waals surface area contributed by atoms with E-state index >= 15 is 0 Å². The van der Waals surface area contributed by atoms with Gasteiger partial charge in [0.05, 0.1) is 17.7 Å². The second-order valence-corrected chi connectivity index (χ2v) is 9.86. The van der Waals surface area contributed by atoms with Crippen LogP contribution in [-0.4, -0.2) is 48.3 Å². The number of nitrogens with one attached hydrogen (secondary N) is 1. The number of ether oxygens (including phenoxy) is 1. The number of aryl methyl sites for hydroxylation is 1. The molecule has 1 unspecified atom stereocenters. The lowest BCUT2D eigenvalue weighted by atomic mass is 10.1. The van der Waals surface area contributed by atoms with Gasteiger partial charge in [-0.2, -0.15) is 0 Å². The molecule has 3 aromatic carbocycles. The van der Waals surface area contributed by atoms with Crippen molar-refractivity contribution in [3.05, 3.63) is 83.9 Å². The van der Waals surface area contributed by atoms with Crippen molar-refractivity contribution in [3.8, 4) is 5.75 Å². The van der Waals surface area contributed by atoms with Crippen LogP contribution in [0.15, 0.2) is 77.7 Å². The Morgan fingerprint density at radius 1 is 0.971 bits per heavy atom. The lowest BCUT2D eigenvalue weighted by Crippen LogP contribution is -2.48. The van der Waals surface area contributed by atoms with E-state index in [1.54, 1.807) is 31.4 Å². The fraction of sp³-hybridized carbons (Fsp3) is 0.321. The van der Waals surface area contributed by atoms with Crippen LogP contribution < -0.4 is 14.4 Å². The van der Waals surface area contributed by atoms with Gasteiger partial charge in [-0.05, 0) is 60.9 Å². The van der Waals surface area contributed by atoms with Crippen LogP contribution in [0.4, 0.5) is 11.4 Å². The van der Waals surface area contributed by atoms with Crippen molar-refractivity contribution >= 4 is 28.3 Å². The number of amides is 1. The van der Waals surface area contributed by atoms with Crippen LogP contribution in [-0.2, 0) is 17.4 Å². The highest BCUT2D eigenvalue weighted by Crippen LogP contribution is 2.28. The number of methoxy groups -OCH3 is 1. The third-order valence-corrected chi connectivity index (χ3v) is 7.37. The number of nitrogens with zero attached hydrogens (tertiary/aromatic N) is 2. The third-order valence-electron chi connectivity index (χ3n) is 6.27. The van der Waals surface area contributed by atoms with E-state index in [9.17, 15) is 9.00 Å². The van der Waals surface area contributed by atoms with Crippen molar-refractivity contribution in [1.82, 2.24) is 4.90 Å². The monoisotopic (exact) mass is 491 g/mol. The van der Waals surface area contributed by atoms with E-state index in [1.807, 2.05) is 41.3 Å². The van der Waals surface area contributed by atoms with Gasteiger partial charge >= 0.3 is 0 Å². The maximum Gasteiger partial charge on any atom is 0.254 e. The molecule has 4 rings (SSSR count). The molecule has 1 heterocycles. The van der Waals surface area contributed by atoms with Crippen molar-refractivity contribution in [3.63, 3.8) is 0 Å². The average molecular weight is 492 g/mol. The molecule has 1 atom stereocenters. The number of para-hydroxylation sites is 2. The highest BCUT2D eigenvalue weighted by molar-refractivity contribution is 7.86. The van der Waals surface area contributed by atoms with Gasteiger partial charge in [0, 0.05) is 37.4 Å². The van der Waals surface area contributed by atoms with Gasteiger partial charge in [0.2, 0.25) is 0 Å². The third kappa shape index (κ3) is 6.22. The first-order valence-electron chi connectivity index (χ1n) is 12.1. The molecule has 1 fully saturated rings. The lowest BCUT2D eigenvalue weighted by Gasteiger charge is -2.36. The minimum atomic E-state index is -1.46. The molecule has 0 aromatic heterocycles. The second-order valence-electron chi connectivity index (χ2n) is 8.65. The molecular formula is C28H33N3O3S. The molecule has 7 heteroatoms. The summed E-state index contributed by atoms with van der Waals surface area (Å²) in [4.78, 5) is 17.9. The molecular weight excluding hydrogens is 458 g/mol. The number of anilines is 2. The van der Waals surface area contributed by atoms with Crippen molar-refractivity contribution < 1.29 is 13.7 Å². The Balaban J connectivity index is 1.37. The molecule has 3 aromatic rings. The summed E-state index contributed by atoms with van der Waals surface area (Å²) in [6.07, 6.45) is 3.38. The molecule has 0 bridgehead atoms. The standard InChI is InChI=1S/C28H33N3O3S/c1-3-4-8-22-13-15-24(16-14-22)29-35(33)25-10-7-9-23(21-25)28(32)31-19-17-30(18-20-31)26-11-5-6-12-27(26)34-2/h5-7,9-16,21,29H,3-4,8,17-20H2,1-2H3. The van der Waals surface area contributed by atoms with Crippen LogP contribution in [0.5, 0.6) is 5.75 Å². The Labute approximate surface area is 210 Å². The Morgan fingerprint density at radius 3 is 2.43 bits per heavy atom. The van der Waals surface area contributed by atoms with E-state index < -0.39 is 11.0 Å². The Bertz CT molecular complexity index is 1160. The minimum absolute atomic E-state index is 0.0381. The number of hydrogen-bond donors (Lipinski definition) is 1. The maximum absolute atomic E-state index is 13.2. The van der Waals surface area contributed by atoms with Gasteiger partial charge in [-0.1, -0.05) is 43.7 Å². The van der Waals surface area contributed by atoms with Gasteiger partial charge < -0.3 is 19.3 Å². The van der Waals surface area contributed by atoms with Crippen LogP contribution in [0, 0.1) is 0 Å². The van der Waals surface area contributed by atoms with Gasteiger partial charge in [-0.3, -0.25) is 4.79 Å². The SMILES string of the molecule is CCCCc1ccc(NS(=O)c2cccc(C(=O)N3CCN(c4ccccc4OC)CC3)c2)cc1. The fourth-order valence-electron chi connectivity index (χ4n) is 4.25. The zero-order valence-corrected chi connectivity index (χ0v) is 21.2. The van der Waals surface area contributed by atoms with Gasteiger partial charge in [-0.25, -0.2) is 4.21 Å². The molecule has 1 aliphatic heterocycles. The summed E-state index contributed by atoms with van der Waals surface area (Å²) in [5.41, 5.74) is 3.68. The van der Waals surface area contributed by atoms with Crippen LogP contribution >= 0.6 is 0 Å². The molecule has 1 saturated heterocycles. The molecule has 184 valence electrons. The van der Waals surface area contributed by atoms with Gasteiger partial charge in [0.1, 0.15) is 16.7 Å². The summed E-state index contributed by atoms with van der Waals surface area (Å²) in [7, 11) is 0.218. The molecule has 35 heavy (non-hydrogen) atoms. The number of carbonyl (C=O) groups excluding carboxylic acids is 1. The Hall–Kier alpha value is -3.32. The van der Waals surface area contributed by atoms with Crippen LogP contribution in [0.3, 0.4) is 0 Å². The molecule has 0 saturated carbocycles. The van der Waals surface area contributed by atoms with E-state index in [2.05, 4.69) is 28.7 Å². The van der Waals surface area contributed by atoms with Crippen LogP contribution in [0.25, 0.3) is 0 Å². The van der Waals surface area contributed by atoms with E-state index in [4.69, 9.17) is 4.74 Å². The van der Waals surface area contributed by atoms with Crippen molar-refractivity contribution in [1.29, 1.82) is 0 Å². The molecule has 1 aliphatic rings. The molecule has 1 N–H and O–H groups in total. The Kier molecular flexibility index (Phi) is 8.42. The number of unbranched alkanes of at least 4 members (excludes halogenated alkanes) is 1. The summed E-state index contributed by atoms with van der Waals surface area (Å²) >= 11 is 0. The first kappa shape index (κ1) is 24.8. The predicted octanol–water partition coefficient (Wildman–Crippen LogP) is 5.13. The summed E-state index contributed by atoms with van der Waals surface area (Å²) in [6.45, 7) is 4.88. The fourth-order valence-corrected chi connectivity index (χ4v) is 5.16. The molecule has 1 amide bonds. The zero-order chi connectivity index (χ0) is 24.6. The van der Waals surface area contributed by atoms with Gasteiger partial charge in [-0.15, -0.1) is 0 Å². The smallest absolute Gasteiger partial charge is 0.254 e. The van der Waals surface area contributed by atoms with Gasteiger partial charge in [0.15, 0.2) is 0 Å². The normalized spacial score (nSPS) is 14.5. The first-order chi connectivity index (χ1) is 17.1. The maximum atomic E-state index is 13.2. The van der Waals surface area contributed by atoms with Crippen LogP contribution in [0.1, 0.15) is 35.7 Å². The molecule has 6 nitrogen and oxygen atoms in total. The largest absolute Gasteiger partial charge is 0.495 e. The molecule has 0 spiro atoms. The van der Waals surface area contributed by atoms with Crippen molar-refractivity contribution in [2.24, 2.45) is 0 Å². The Morgan fingerprint density at radius 2 is 1.71 bits per heavy atom. The summed E-state index contributed by atoms with van der Waals surface area (Å²) in [5, 5.41) is 0. The second kappa shape index (κ2) is 11.9. The summed E-state index contributed by atoms with van der Waals surface area (Å²) < 4.78 is 21.5. The quantitative estimate of drug-likeness (QED) is 0.451. The van der Waals surface area contributed by atoms with Crippen molar-refractivity contribution in [2.75, 3.05) is 42.9 Å². The predicted molar refractivity (Wildman–Crippen MR) is 143 cm³/mol. The van der Waals surface area contributed by atoms with E-state index in [1.165, 1.54) is 5.56 Å². The highest BCUT2D eigenvalue weighted by Gasteiger charge is 2.24. The summed E-state index contributed by atoms with van der Waals surface area (Å²) in [5.74, 6) is 0.800. The van der Waals surface area contributed by atoms with E-state index in [-0.39, 0.29) is 5.91 Å². The number of benzene rings is 3. The van der Waals surface area contributed by atoms with Gasteiger partial charge in [0.25, 0.3) is 5.91 Å². The topological polar surface area (TPSA) is 61.9 Å². The lowest BCUT2D eigenvalue weighted by molar-refractivity contribution is 0.0746. The number of rotatable bonds is 9. The number of piperazine rings is 1. The minimum Gasteiger partial charge on any atom is -0.495 e.